The Morgan fingerprint density at radius 2 is 1.79 bits per heavy atom. The van der Waals surface area contributed by atoms with Gasteiger partial charge in [0.2, 0.25) is 0 Å². The molecule has 0 bridgehead atoms. The number of aryl methyl sites for hydroxylation is 2. The highest BCUT2D eigenvalue weighted by Crippen LogP contribution is 2.43. The summed E-state index contributed by atoms with van der Waals surface area (Å²) in [6.45, 7) is 11.9. The van der Waals surface area contributed by atoms with Gasteiger partial charge >= 0.3 is 5.97 Å². The number of benzene rings is 3. The van der Waals surface area contributed by atoms with Gasteiger partial charge in [-0.25, -0.2) is 4.79 Å². The number of anilines is 1. The summed E-state index contributed by atoms with van der Waals surface area (Å²) in [6.07, 6.45) is 0. The first-order valence-corrected chi connectivity index (χ1v) is 11.5. The zero-order valence-electron chi connectivity index (χ0n) is 19.9. The molecule has 2 aromatic carbocycles. The smallest absolute Gasteiger partial charge is 0.338 e. The van der Waals surface area contributed by atoms with Crippen molar-refractivity contribution in [1.29, 1.82) is 0 Å². The number of carbonyl (C=O) groups excluding carboxylic acids is 1. The van der Waals surface area contributed by atoms with E-state index in [0.717, 1.165) is 62.1 Å². The van der Waals surface area contributed by atoms with Crippen LogP contribution in [0.25, 0.3) is 33.4 Å². The molecule has 33 heavy (non-hydrogen) atoms. The van der Waals surface area contributed by atoms with Crippen LogP contribution >= 0.6 is 0 Å². The zero-order valence-corrected chi connectivity index (χ0v) is 19.9. The summed E-state index contributed by atoms with van der Waals surface area (Å²) in [5.41, 5.74) is 7.25. The average Bonchev–Trinajstić information content (AvgIpc) is 2.80. The highest BCUT2D eigenvalue weighted by molar-refractivity contribution is 6.08. The number of esters is 1. The predicted molar refractivity (Wildman–Crippen MR) is 134 cm³/mol. The quantitative estimate of drug-likeness (QED) is 0.279. The van der Waals surface area contributed by atoms with Crippen LogP contribution in [0, 0.1) is 13.8 Å². The first kappa shape index (κ1) is 22.6. The summed E-state index contributed by atoms with van der Waals surface area (Å²) < 4.78 is 11.8. The maximum atomic E-state index is 12.9. The Hall–Kier alpha value is -3.60. The van der Waals surface area contributed by atoms with Crippen LogP contribution in [0.4, 0.5) is 5.69 Å². The highest BCUT2D eigenvalue weighted by atomic mass is 16.5. The SMILES string of the molecule is CCN=c1cc2oc3cc(NCC)c(C)cc3c(-c3ccccc3C(=O)OCC)c-2cc1C. The average molecular weight is 443 g/mol. The minimum absolute atomic E-state index is 0.324. The van der Waals surface area contributed by atoms with Crippen molar-refractivity contribution in [3.63, 3.8) is 0 Å². The summed E-state index contributed by atoms with van der Waals surface area (Å²) in [5, 5.41) is 5.28. The van der Waals surface area contributed by atoms with Gasteiger partial charge in [0.15, 0.2) is 0 Å². The lowest BCUT2D eigenvalue weighted by molar-refractivity contribution is 0.0527. The normalized spacial score (nSPS) is 11.8. The second-order valence-corrected chi connectivity index (χ2v) is 8.05. The van der Waals surface area contributed by atoms with Gasteiger partial charge in [-0.15, -0.1) is 0 Å². The second kappa shape index (κ2) is 9.49. The summed E-state index contributed by atoms with van der Waals surface area (Å²) in [4.78, 5) is 17.5. The summed E-state index contributed by atoms with van der Waals surface area (Å²) in [5.74, 6) is 0.408. The Morgan fingerprint density at radius 1 is 1.00 bits per heavy atom. The molecule has 0 radical (unpaired) electrons. The molecule has 5 heteroatoms. The molecule has 0 unspecified atom stereocenters. The summed E-state index contributed by atoms with van der Waals surface area (Å²) >= 11 is 0. The van der Waals surface area contributed by atoms with Crippen molar-refractivity contribution in [2.24, 2.45) is 4.99 Å². The van der Waals surface area contributed by atoms with Gasteiger partial charge in [-0.05, 0) is 69.5 Å². The molecule has 170 valence electrons. The van der Waals surface area contributed by atoms with Crippen LogP contribution in [0.2, 0.25) is 0 Å². The highest BCUT2D eigenvalue weighted by Gasteiger charge is 2.23. The molecule has 0 fully saturated rings. The monoisotopic (exact) mass is 442 g/mol. The number of rotatable bonds is 6. The molecule has 0 aromatic heterocycles. The number of hydrogen-bond acceptors (Lipinski definition) is 5. The van der Waals surface area contributed by atoms with E-state index in [0.29, 0.717) is 18.7 Å². The molecule has 0 atom stereocenters. The molecule has 2 aliphatic rings. The van der Waals surface area contributed by atoms with E-state index in [9.17, 15) is 4.79 Å². The number of hydrogen-bond donors (Lipinski definition) is 1. The fourth-order valence-electron chi connectivity index (χ4n) is 4.29. The number of fused-ring (bicyclic) bond motifs is 2. The van der Waals surface area contributed by atoms with Crippen molar-refractivity contribution < 1.29 is 13.9 Å². The van der Waals surface area contributed by atoms with Gasteiger partial charge in [0, 0.05) is 47.4 Å². The maximum Gasteiger partial charge on any atom is 0.338 e. The molecule has 1 aliphatic carbocycles. The molecular formula is C28H30N2O3. The Kier molecular flexibility index (Phi) is 6.50. The van der Waals surface area contributed by atoms with Gasteiger partial charge < -0.3 is 14.5 Å². The first-order chi connectivity index (χ1) is 16.0. The summed E-state index contributed by atoms with van der Waals surface area (Å²) in [6, 6.07) is 15.9. The van der Waals surface area contributed by atoms with E-state index in [4.69, 9.17) is 9.15 Å². The lowest BCUT2D eigenvalue weighted by atomic mass is 9.89. The molecule has 0 amide bonds. The minimum atomic E-state index is -0.328. The van der Waals surface area contributed by atoms with Crippen molar-refractivity contribution in [3.8, 4) is 22.5 Å². The molecule has 0 saturated carbocycles. The number of nitrogens with one attached hydrogen (secondary N) is 1. The Balaban J connectivity index is 2.15. The molecule has 2 aromatic rings. The van der Waals surface area contributed by atoms with E-state index >= 15 is 0 Å². The van der Waals surface area contributed by atoms with Gasteiger partial charge in [0.1, 0.15) is 11.3 Å². The van der Waals surface area contributed by atoms with Crippen LogP contribution in [0.5, 0.6) is 0 Å². The van der Waals surface area contributed by atoms with Crippen molar-refractivity contribution in [2.75, 3.05) is 25.0 Å². The summed E-state index contributed by atoms with van der Waals surface area (Å²) in [7, 11) is 0. The molecule has 0 saturated heterocycles. The lowest BCUT2D eigenvalue weighted by Gasteiger charge is -2.19. The Labute approximate surface area is 194 Å². The lowest BCUT2D eigenvalue weighted by Crippen LogP contribution is -2.10. The van der Waals surface area contributed by atoms with Gasteiger partial charge in [-0.3, -0.25) is 4.99 Å². The van der Waals surface area contributed by atoms with Crippen LogP contribution in [0.15, 0.2) is 57.9 Å². The first-order valence-electron chi connectivity index (χ1n) is 11.5. The van der Waals surface area contributed by atoms with Crippen LogP contribution in [-0.4, -0.2) is 25.7 Å². The van der Waals surface area contributed by atoms with Crippen LogP contribution in [-0.2, 0) is 4.74 Å². The van der Waals surface area contributed by atoms with Crippen LogP contribution in [0.1, 0.15) is 42.3 Å². The second-order valence-electron chi connectivity index (χ2n) is 8.05. The van der Waals surface area contributed by atoms with Crippen LogP contribution in [0.3, 0.4) is 0 Å². The third kappa shape index (κ3) is 4.23. The molecular weight excluding hydrogens is 412 g/mol. The molecule has 0 spiro atoms. The Bertz CT molecular complexity index is 1370. The van der Waals surface area contributed by atoms with Gasteiger partial charge in [0.05, 0.1) is 17.5 Å². The van der Waals surface area contributed by atoms with Gasteiger partial charge in [-0.2, -0.15) is 0 Å². The standard InChI is InChI=1S/C28H30N2O3/c1-6-29-23-15-25-21(13-17(23)4)27(19-11-9-10-12-20(19)28(31)32-8-3)22-14-18(5)24(30-7-2)16-26(22)33-25/h9-16,29H,6-8H2,1-5H3. The van der Waals surface area contributed by atoms with Gasteiger partial charge in [-0.1, -0.05) is 18.2 Å². The molecule has 1 N–H and O–H groups in total. The van der Waals surface area contributed by atoms with E-state index in [2.05, 4.69) is 43.2 Å². The van der Waals surface area contributed by atoms with Crippen LogP contribution < -0.4 is 10.7 Å². The van der Waals surface area contributed by atoms with Crippen molar-refractivity contribution in [3.05, 3.63) is 70.6 Å². The number of carbonyl (C=O) groups is 1. The molecule has 1 heterocycles. The fourth-order valence-corrected chi connectivity index (χ4v) is 4.29. The number of nitrogens with zero attached hydrogens (tertiary/aromatic N) is 1. The van der Waals surface area contributed by atoms with E-state index < -0.39 is 0 Å². The van der Waals surface area contributed by atoms with E-state index in [1.807, 2.05) is 50.2 Å². The van der Waals surface area contributed by atoms with Crippen molar-refractivity contribution >= 4 is 22.6 Å². The third-order valence-corrected chi connectivity index (χ3v) is 5.77. The molecule has 4 rings (SSSR count). The molecule has 1 aliphatic heterocycles. The fraction of sp³-hybridized carbons (Fsp3) is 0.286. The van der Waals surface area contributed by atoms with E-state index in [-0.39, 0.29) is 5.97 Å². The van der Waals surface area contributed by atoms with Crippen molar-refractivity contribution in [1.82, 2.24) is 0 Å². The zero-order chi connectivity index (χ0) is 23.5. The van der Waals surface area contributed by atoms with E-state index in [1.54, 1.807) is 0 Å². The predicted octanol–water partition coefficient (Wildman–Crippen LogP) is 6.35. The Morgan fingerprint density at radius 3 is 2.52 bits per heavy atom. The van der Waals surface area contributed by atoms with E-state index in [1.165, 1.54) is 0 Å². The largest absolute Gasteiger partial charge is 0.462 e. The van der Waals surface area contributed by atoms with Crippen molar-refractivity contribution in [2.45, 2.75) is 34.6 Å². The minimum Gasteiger partial charge on any atom is -0.462 e. The third-order valence-electron chi connectivity index (χ3n) is 5.77. The topological polar surface area (TPSA) is 63.8 Å². The molecule has 5 nitrogen and oxygen atoms in total. The number of ether oxygens (including phenoxy) is 1. The maximum absolute atomic E-state index is 12.9. The van der Waals surface area contributed by atoms with Gasteiger partial charge in [0.25, 0.3) is 0 Å².